The third-order valence-corrected chi connectivity index (χ3v) is 2.10. The van der Waals surface area contributed by atoms with Crippen molar-refractivity contribution in [2.75, 3.05) is 19.8 Å². The second kappa shape index (κ2) is 7.98. The van der Waals surface area contributed by atoms with E-state index >= 15 is 0 Å². The van der Waals surface area contributed by atoms with Crippen LogP contribution in [0.4, 0.5) is 5.95 Å². The Bertz CT molecular complexity index is 455. The highest BCUT2D eigenvalue weighted by Gasteiger charge is 2.12. The predicted molar refractivity (Wildman–Crippen MR) is 65.5 cm³/mol. The Kier molecular flexibility index (Phi) is 6.23. The van der Waals surface area contributed by atoms with E-state index in [2.05, 4.69) is 9.72 Å². The molecule has 8 nitrogen and oxygen atoms in total. The van der Waals surface area contributed by atoms with Gasteiger partial charge >= 0.3 is 11.9 Å². The fraction of sp³-hybridized carbons (Fsp3) is 0.455. The van der Waals surface area contributed by atoms with Crippen molar-refractivity contribution >= 4 is 11.9 Å². The van der Waals surface area contributed by atoms with E-state index in [1.807, 2.05) is 0 Å². The van der Waals surface area contributed by atoms with Gasteiger partial charge in [0.15, 0.2) is 0 Å². The molecule has 0 spiro atoms. The van der Waals surface area contributed by atoms with E-state index in [1.165, 1.54) is 23.9 Å². The number of carbonyl (C=O) groups is 1. The zero-order valence-electron chi connectivity index (χ0n) is 10.5. The van der Waals surface area contributed by atoms with Crippen molar-refractivity contribution in [3.05, 3.63) is 34.7 Å². The number of imidazole rings is 1. The van der Waals surface area contributed by atoms with Gasteiger partial charge in [0.25, 0.3) is 0 Å². The molecule has 1 rings (SSSR count). The fourth-order valence-corrected chi connectivity index (χ4v) is 1.26. The SMILES string of the molecule is CC(=O)OCC=CCOCCn1ccnc1[N+](=O)[O-]. The minimum absolute atomic E-state index is 0.200. The van der Waals surface area contributed by atoms with Crippen LogP contribution in [0.5, 0.6) is 0 Å². The minimum atomic E-state index is -0.543. The molecule has 0 aliphatic rings. The van der Waals surface area contributed by atoms with Gasteiger partial charge in [-0.05, 0) is 11.0 Å². The first kappa shape index (κ1) is 14.8. The molecule has 0 bridgehead atoms. The molecule has 0 fully saturated rings. The van der Waals surface area contributed by atoms with Gasteiger partial charge in [0.1, 0.15) is 19.0 Å². The molecule has 0 saturated heterocycles. The first-order valence-electron chi connectivity index (χ1n) is 5.63. The van der Waals surface area contributed by atoms with Gasteiger partial charge < -0.3 is 19.6 Å². The molecular formula is C11H15N3O5. The largest absolute Gasteiger partial charge is 0.462 e. The third kappa shape index (κ3) is 5.77. The highest BCUT2D eigenvalue weighted by molar-refractivity contribution is 5.65. The average Bonchev–Trinajstić information content (AvgIpc) is 2.80. The minimum Gasteiger partial charge on any atom is -0.462 e. The first-order valence-corrected chi connectivity index (χ1v) is 5.63. The molecule has 0 amide bonds. The number of hydrogen-bond acceptors (Lipinski definition) is 6. The fourth-order valence-electron chi connectivity index (χ4n) is 1.26. The van der Waals surface area contributed by atoms with Crippen LogP contribution in [0.15, 0.2) is 24.5 Å². The lowest BCUT2D eigenvalue weighted by Gasteiger charge is -2.01. The summed E-state index contributed by atoms with van der Waals surface area (Å²) in [6, 6.07) is 0. The van der Waals surface area contributed by atoms with Crippen LogP contribution in [0.1, 0.15) is 6.92 Å². The lowest BCUT2D eigenvalue weighted by Crippen LogP contribution is -2.08. The van der Waals surface area contributed by atoms with E-state index in [4.69, 9.17) is 4.74 Å². The Morgan fingerprint density at radius 3 is 2.95 bits per heavy atom. The van der Waals surface area contributed by atoms with Crippen LogP contribution in [0.2, 0.25) is 0 Å². The molecule has 1 heterocycles. The smallest absolute Gasteiger partial charge is 0.434 e. The van der Waals surface area contributed by atoms with Crippen molar-refractivity contribution < 1.29 is 19.2 Å². The van der Waals surface area contributed by atoms with E-state index in [9.17, 15) is 14.9 Å². The zero-order chi connectivity index (χ0) is 14.1. The van der Waals surface area contributed by atoms with Crippen LogP contribution in [0.3, 0.4) is 0 Å². The third-order valence-electron chi connectivity index (χ3n) is 2.10. The summed E-state index contributed by atoms with van der Waals surface area (Å²) in [6.45, 7) is 2.58. The van der Waals surface area contributed by atoms with Gasteiger partial charge in [-0.3, -0.25) is 4.79 Å². The molecule has 0 atom stereocenters. The van der Waals surface area contributed by atoms with E-state index in [0.29, 0.717) is 19.8 Å². The van der Waals surface area contributed by atoms with Crippen LogP contribution >= 0.6 is 0 Å². The Morgan fingerprint density at radius 2 is 2.26 bits per heavy atom. The second-order valence-electron chi connectivity index (χ2n) is 3.53. The normalized spacial score (nSPS) is 10.8. The molecule has 0 radical (unpaired) electrons. The van der Waals surface area contributed by atoms with Crippen LogP contribution < -0.4 is 0 Å². The van der Waals surface area contributed by atoms with Gasteiger partial charge in [0.05, 0.1) is 19.8 Å². The topological polar surface area (TPSA) is 96.5 Å². The van der Waals surface area contributed by atoms with Crippen molar-refractivity contribution in [2.45, 2.75) is 13.5 Å². The molecule has 0 aliphatic carbocycles. The van der Waals surface area contributed by atoms with E-state index in [0.717, 1.165) is 0 Å². The summed E-state index contributed by atoms with van der Waals surface area (Å²) in [7, 11) is 0. The first-order chi connectivity index (χ1) is 9.11. The highest BCUT2D eigenvalue weighted by Crippen LogP contribution is 2.06. The summed E-state index contributed by atoms with van der Waals surface area (Å²) < 4.78 is 11.3. The molecular weight excluding hydrogens is 254 g/mol. The predicted octanol–water partition coefficient (Wildman–Crippen LogP) is 0.927. The van der Waals surface area contributed by atoms with Crippen LogP contribution in [0, 0.1) is 10.1 Å². The monoisotopic (exact) mass is 269 g/mol. The number of rotatable bonds is 8. The Labute approximate surface area is 109 Å². The Morgan fingerprint density at radius 1 is 1.53 bits per heavy atom. The lowest BCUT2D eigenvalue weighted by molar-refractivity contribution is -0.396. The molecule has 0 unspecified atom stereocenters. The van der Waals surface area contributed by atoms with E-state index in [-0.39, 0.29) is 18.5 Å². The standard InChI is InChI=1S/C11H15N3O5/c1-10(15)19-8-3-2-7-18-9-6-13-5-4-12-11(13)14(16)17/h2-5H,6-9H2,1H3. The highest BCUT2D eigenvalue weighted by atomic mass is 16.6. The molecule has 0 N–H and O–H groups in total. The van der Waals surface area contributed by atoms with Crippen molar-refractivity contribution in [3.63, 3.8) is 0 Å². The molecule has 0 saturated carbocycles. The van der Waals surface area contributed by atoms with Gasteiger partial charge in [0, 0.05) is 6.92 Å². The second-order valence-corrected chi connectivity index (χ2v) is 3.53. The molecule has 1 aromatic rings. The number of nitro groups is 1. The summed E-state index contributed by atoms with van der Waals surface area (Å²) in [4.78, 5) is 24.1. The summed E-state index contributed by atoms with van der Waals surface area (Å²) in [5.74, 6) is -0.535. The van der Waals surface area contributed by atoms with Crippen LogP contribution in [-0.4, -0.2) is 40.3 Å². The van der Waals surface area contributed by atoms with Crippen molar-refractivity contribution in [3.8, 4) is 0 Å². The Hall–Kier alpha value is -2.22. The number of nitrogens with zero attached hydrogens (tertiary/aromatic N) is 3. The average molecular weight is 269 g/mol. The summed E-state index contributed by atoms with van der Waals surface area (Å²) in [6.07, 6.45) is 6.28. The lowest BCUT2D eigenvalue weighted by atomic mass is 10.5. The summed E-state index contributed by atoms with van der Waals surface area (Å²) in [5, 5.41) is 10.6. The quantitative estimate of drug-likeness (QED) is 0.229. The van der Waals surface area contributed by atoms with Gasteiger partial charge in [0.2, 0.25) is 0 Å². The zero-order valence-corrected chi connectivity index (χ0v) is 10.5. The van der Waals surface area contributed by atoms with Crippen molar-refractivity contribution in [2.24, 2.45) is 0 Å². The molecule has 0 aliphatic heterocycles. The van der Waals surface area contributed by atoms with Crippen LogP contribution in [0.25, 0.3) is 0 Å². The number of hydrogen-bond donors (Lipinski definition) is 0. The van der Waals surface area contributed by atoms with E-state index < -0.39 is 4.92 Å². The number of esters is 1. The molecule has 1 aromatic heterocycles. The molecule has 0 aromatic carbocycles. The van der Waals surface area contributed by atoms with Crippen molar-refractivity contribution in [1.29, 1.82) is 0 Å². The number of ether oxygens (including phenoxy) is 2. The number of carbonyl (C=O) groups excluding carboxylic acids is 1. The molecule has 8 heteroatoms. The maximum Gasteiger partial charge on any atom is 0.434 e. The molecule has 19 heavy (non-hydrogen) atoms. The Balaban J connectivity index is 2.15. The maximum atomic E-state index is 10.6. The van der Waals surface area contributed by atoms with Gasteiger partial charge in [-0.15, -0.1) is 0 Å². The summed E-state index contributed by atoms with van der Waals surface area (Å²) >= 11 is 0. The van der Waals surface area contributed by atoms with Crippen molar-refractivity contribution in [1.82, 2.24) is 9.55 Å². The van der Waals surface area contributed by atoms with Crippen LogP contribution in [-0.2, 0) is 20.8 Å². The maximum absolute atomic E-state index is 10.6. The van der Waals surface area contributed by atoms with Gasteiger partial charge in [-0.25, -0.2) is 4.57 Å². The van der Waals surface area contributed by atoms with Gasteiger partial charge in [-0.1, -0.05) is 11.1 Å². The molecule has 104 valence electrons. The number of aromatic nitrogens is 2. The summed E-state index contributed by atoms with van der Waals surface area (Å²) in [5.41, 5.74) is 0. The van der Waals surface area contributed by atoms with E-state index in [1.54, 1.807) is 12.2 Å². The van der Waals surface area contributed by atoms with Gasteiger partial charge in [-0.2, -0.15) is 0 Å².